The van der Waals surface area contributed by atoms with E-state index in [1.807, 2.05) is 6.07 Å². The van der Waals surface area contributed by atoms with E-state index in [2.05, 4.69) is 9.97 Å². The molecule has 0 spiro atoms. The molecule has 8 heteroatoms. The number of morpholine rings is 1. The Kier molecular flexibility index (Phi) is 4.48. The van der Waals surface area contributed by atoms with Crippen molar-refractivity contribution in [2.75, 3.05) is 19.7 Å². The summed E-state index contributed by atoms with van der Waals surface area (Å²) in [5, 5.41) is 0.936. The second-order valence-electron chi connectivity index (χ2n) is 6.12. The molecule has 1 aromatic heterocycles. The van der Waals surface area contributed by atoms with E-state index in [1.165, 1.54) is 0 Å². The highest BCUT2D eigenvalue weighted by Crippen LogP contribution is 2.29. The average Bonchev–Trinajstić information content (AvgIpc) is 3.02. The molecule has 1 saturated heterocycles. The minimum Gasteiger partial charge on any atom is -0.370 e. The van der Waals surface area contributed by atoms with Crippen LogP contribution in [-0.2, 0) is 4.74 Å². The number of nitrogens with zero attached hydrogens (tertiary/aromatic N) is 1. The Hall–Kier alpha value is -2.28. The molecule has 1 unspecified atom stereocenters. The number of imidazole rings is 1. The monoisotopic (exact) mass is 391 g/mol. The second-order valence-corrected chi connectivity index (χ2v) is 6.94. The highest BCUT2D eigenvalue weighted by molar-refractivity contribution is 6.42. The fourth-order valence-corrected chi connectivity index (χ4v) is 3.40. The molecule has 6 nitrogen and oxygen atoms in total. The van der Waals surface area contributed by atoms with Gasteiger partial charge in [-0.15, -0.1) is 0 Å². The van der Waals surface area contributed by atoms with Crippen LogP contribution in [0.5, 0.6) is 0 Å². The first-order valence-corrected chi connectivity index (χ1v) is 8.85. The first kappa shape index (κ1) is 17.1. The highest BCUT2D eigenvalue weighted by atomic mass is 35.5. The van der Waals surface area contributed by atoms with Gasteiger partial charge in [0.2, 0.25) is 0 Å². The van der Waals surface area contributed by atoms with E-state index < -0.39 is 0 Å². The number of benzene rings is 2. The molecule has 2 aromatic carbocycles. The Bertz CT molecular complexity index is 1040. The number of ether oxygens (including phenoxy) is 1. The van der Waals surface area contributed by atoms with Crippen LogP contribution in [0.3, 0.4) is 0 Å². The standard InChI is InChI=1S/C18H15Cl2N3O3/c19-12-3-1-10(7-13(12)20)16-9-23(5-6-26-16)17(24)11-2-4-14-15(8-11)22-18(25)21-14/h1-4,7-8,16H,5-6,9H2,(H2,21,22,25). The molecule has 134 valence electrons. The van der Waals surface area contributed by atoms with Crippen molar-refractivity contribution in [3.05, 3.63) is 68.1 Å². The van der Waals surface area contributed by atoms with Crippen LogP contribution < -0.4 is 5.69 Å². The van der Waals surface area contributed by atoms with Crippen LogP contribution in [-0.4, -0.2) is 40.5 Å². The first-order valence-electron chi connectivity index (χ1n) is 8.09. The van der Waals surface area contributed by atoms with Crippen LogP contribution in [0.15, 0.2) is 41.2 Å². The molecule has 0 aliphatic carbocycles. The van der Waals surface area contributed by atoms with E-state index in [0.717, 1.165) is 5.56 Å². The fourth-order valence-electron chi connectivity index (χ4n) is 3.10. The van der Waals surface area contributed by atoms with Crippen LogP contribution >= 0.6 is 23.2 Å². The summed E-state index contributed by atoms with van der Waals surface area (Å²) >= 11 is 12.0. The largest absolute Gasteiger partial charge is 0.370 e. The topological polar surface area (TPSA) is 78.2 Å². The molecule has 0 bridgehead atoms. The number of aromatic amines is 2. The molecule has 0 saturated carbocycles. The lowest BCUT2D eigenvalue weighted by molar-refractivity contribution is -0.0228. The second kappa shape index (κ2) is 6.79. The third-order valence-corrected chi connectivity index (χ3v) is 5.17. The van der Waals surface area contributed by atoms with Crippen molar-refractivity contribution < 1.29 is 9.53 Å². The number of H-pyrrole nitrogens is 2. The lowest BCUT2D eigenvalue weighted by Crippen LogP contribution is -2.42. The molecular formula is C18H15Cl2N3O3. The van der Waals surface area contributed by atoms with Gasteiger partial charge in [-0.3, -0.25) is 4.79 Å². The fraction of sp³-hybridized carbons (Fsp3) is 0.222. The van der Waals surface area contributed by atoms with Crippen molar-refractivity contribution in [1.29, 1.82) is 0 Å². The van der Waals surface area contributed by atoms with Crippen molar-refractivity contribution in [2.45, 2.75) is 6.10 Å². The van der Waals surface area contributed by atoms with E-state index in [4.69, 9.17) is 27.9 Å². The molecule has 26 heavy (non-hydrogen) atoms. The lowest BCUT2D eigenvalue weighted by atomic mass is 10.1. The maximum atomic E-state index is 12.9. The van der Waals surface area contributed by atoms with Gasteiger partial charge in [0, 0.05) is 12.1 Å². The smallest absolute Gasteiger partial charge is 0.323 e. The molecule has 0 radical (unpaired) electrons. The average molecular weight is 392 g/mol. The summed E-state index contributed by atoms with van der Waals surface area (Å²) in [6.45, 7) is 1.34. The van der Waals surface area contributed by atoms with Gasteiger partial charge < -0.3 is 19.6 Å². The maximum Gasteiger partial charge on any atom is 0.323 e. The van der Waals surface area contributed by atoms with Crippen LogP contribution in [0.1, 0.15) is 22.0 Å². The third-order valence-electron chi connectivity index (χ3n) is 4.43. The number of halogens is 2. The third kappa shape index (κ3) is 3.23. The van der Waals surface area contributed by atoms with E-state index in [0.29, 0.717) is 46.3 Å². The van der Waals surface area contributed by atoms with Gasteiger partial charge in [-0.2, -0.15) is 0 Å². The zero-order valence-electron chi connectivity index (χ0n) is 13.6. The number of carbonyl (C=O) groups excluding carboxylic acids is 1. The number of rotatable bonds is 2. The number of hydrogen-bond donors (Lipinski definition) is 2. The van der Waals surface area contributed by atoms with Crippen LogP contribution in [0.2, 0.25) is 10.0 Å². The Labute approximate surface area is 158 Å². The van der Waals surface area contributed by atoms with Gasteiger partial charge in [-0.05, 0) is 35.9 Å². The Morgan fingerprint density at radius 2 is 1.88 bits per heavy atom. The van der Waals surface area contributed by atoms with Gasteiger partial charge in [0.05, 0.1) is 34.2 Å². The van der Waals surface area contributed by atoms with Gasteiger partial charge in [0.15, 0.2) is 0 Å². The number of hydrogen-bond acceptors (Lipinski definition) is 3. The van der Waals surface area contributed by atoms with Crippen LogP contribution in [0, 0.1) is 0 Å². The zero-order chi connectivity index (χ0) is 18.3. The van der Waals surface area contributed by atoms with Crippen molar-refractivity contribution in [3.8, 4) is 0 Å². The minimum atomic E-state index is -0.296. The summed E-state index contributed by atoms with van der Waals surface area (Å²) in [5.41, 5.74) is 2.37. The SMILES string of the molecule is O=C(c1ccc2[nH]c(=O)[nH]c2c1)N1CCOC(c2ccc(Cl)c(Cl)c2)C1. The molecule has 1 atom stereocenters. The van der Waals surface area contributed by atoms with E-state index >= 15 is 0 Å². The Morgan fingerprint density at radius 3 is 2.69 bits per heavy atom. The van der Waals surface area contributed by atoms with Crippen LogP contribution in [0.25, 0.3) is 11.0 Å². The van der Waals surface area contributed by atoms with Crippen molar-refractivity contribution >= 4 is 40.1 Å². The molecule has 1 aliphatic heterocycles. The van der Waals surface area contributed by atoms with Crippen molar-refractivity contribution in [1.82, 2.24) is 14.9 Å². The quantitative estimate of drug-likeness (QED) is 0.702. The number of amides is 1. The number of nitrogens with one attached hydrogen (secondary N) is 2. The number of fused-ring (bicyclic) bond motifs is 1. The van der Waals surface area contributed by atoms with Gasteiger partial charge in [-0.1, -0.05) is 29.3 Å². The van der Waals surface area contributed by atoms with E-state index in [9.17, 15) is 9.59 Å². The van der Waals surface area contributed by atoms with E-state index in [-0.39, 0.29) is 17.7 Å². The van der Waals surface area contributed by atoms with Crippen molar-refractivity contribution in [2.24, 2.45) is 0 Å². The Morgan fingerprint density at radius 1 is 1.08 bits per heavy atom. The predicted octanol–water partition coefficient (Wildman–Crippen LogP) is 3.38. The number of aromatic nitrogens is 2. The highest BCUT2D eigenvalue weighted by Gasteiger charge is 2.26. The van der Waals surface area contributed by atoms with E-state index in [1.54, 1.807) is 35.2 Å². The normalized spacial score (nSPS) is 17.6. The zero-order valence-corrected chi connectivity index (χ0v) is 15.1. The Balaban J connectivity index is 1.56. The first-order chi connectivity index (χ1) is 12.5. The lowest BCUT2D eigenvalue weighted by Gasteiger charge is -2.33. The molecule has 1 aliphatic rings. The van der Waals surface area contributed by atoms with Gasteiger partial charge in [0.1, 0.15) is 6.10 Å². The molecule has 4 rings (SSSR count). The summed E-state index contributed by atoms with van der Waals surface area (Å²) in [6.07, 6.45) is -0.265. The summed E-state index contributed by atoms with van der Waals surface area (Å²) in [4.78, 5) is 31.3. The van der Waals surface area contributed by atoms with Gasteiger partial charge >= 0.3 is 5.69 Å². The van der Waals surface area contributed by atoms with Gasteiger partial charge in [-0.25, -0.2) is 4.79 Å². The molecule has 3 aromatic rings. The minimum absolute atomic E-state index is 0.109. The molecular weight excluding hydrogens is 377 g/mol. The summed E-state index contributed by atoms with van der Waals surface area (Å²) in [5.74, 6) is -0.109. The summed E-state index contributed by atoms with van der Waals surface area (Å²) in [7, 11) is 0. The van der Waals surface area contributed by atoms with Gasteiger partial charge in [0.25, 0.3) is 5.91 Å². The predicted molar refractivity (Wildman–Crippen MR) is 100.0 cm³/mol. The van der Waals surface area contributed by atoms with Crippen LogP contribution in [0.4, 0.5) is 0 Å². The molecule has 1 fully saturated rings. The van der Waals surface area contributed by atoms with Crippen molar-refractivity contribution in [3.63, 3.8) is 0 Å². The number of carbonyl (C=O) groups is 1. The maximum absolute atomic E-state index is 12.9. The summed E-state index contributed by atoms with van der Waals surface area (Å²) in [6, 6.07) is 10.4. The molecule has 2 N–H and O–H groups in total. The molecule has 2 heterocycles. The molecule has 1 amide bonds. The summed E-state index contributed by atoms with van der Waals surface area (Å²) < 4.78 is 5.80.